The van der Waals surface area contributed by atoms with Crippen LogP contribution >= 0.6 is 0 Å². The second-order valence-electron chi connectivity index (χ2n) is 11.0. The Bertz CT molecular complexity index is 1380. The lowest BCUT2D eigenvalue weighted by molar-refractivity contribution is 0.172. The van der Waals surface area contributed by atoms with Gasteiger partial charge in [0, 0.05) is 48.9 Å². The number of nitriles is 1. The summed E-state index contributed by atoms with van der Waals surface area (Å²) in [6.07, 6.45) is 2.05. The van der Waals surface area contributed by atoms with E-state index in [2.05, 4.69) is 70.4 Å². The Morgan fingerprint density at radius 3 is 2.79 bits per heavy atom. The highest BCUT2D eigenvalue weighted by Crippen LogP contribution is 2.35. The van der Waals surface area contributed by atoms with E-state index in [4.69, 9.17) is 14.7 Å². The number of ether oxygens (including phenoxy) is 1. The van der Waals surface area contributed by atoms with Crippen LogP contribution in [0.4, 0.5) is 11.5 Å². The van der Waals surface area contributed by atoms with Crippen molar-refractivity contribution in [3.05, 3.63) is 53.2 Å². The largest absolute Gasteiger partial charge is 0.462 e. The number of aryl methyl sites for hydroxylation is 1. The first-order valence-corrected chi connectivity index (χ1v) is 14.0. The number of piperazine rings is 1. The molecule has 6 rings (SSSR count). The molecule has 3 aliphatic rings. The van der Waals surface area contributed by atoms with E-state index in [-0.39, 0.29) is 6.04 Å². The number of fused-ring (bicyclic) bond motifs is 2. The summed E-state index contributed by atoms with van der Waals surface area (Å²) in [5.41, 5.74) is 4.62. The SMILES string of the molecule is Cc1cccc2cccc(N3CCc4c(nc(OC[C@@H]5CCCN5C)nc4N4CCN[C@@H]([C@@H](O)C#N)C4)C3)c12. The van der Waals surface area contributed by atoms with Gasteiger partial charge in [-0.15, -0.1) is 0 Å². The molecule has 2 saturated heterocycles. The van der Waals surface area contributed by atoms with E-state index in [0.29, 0.717) is 38.3 Å². The molecule has 0 amide bonds. The molecule has 2 aromatic carbocycles. The predicted octanol–water partition coefficient (Wildman–Crippen LogP) is 2.64. The molecule has 204 valence electrons. The van der Waals surface area contributed by atoms with E-state index < -0.39 is 6.10 Å². The van der Waals surface area contributed by atoms with Crippen LogP contribution in [0.1, 0.15) is 29.7 Å². The number of anilines is 2. The molecule has 0 bridgehead atoms. The topological polar surface area (TPSA) is 101 Å². The quantitative estimate of drug-likeness (QED) is 0.469. The van der Waals surface area contributed by atoms with Gasteiger partial charge in [0.15, 0.2) is 6.10 Å². The molecule has 0 radical (unpaired) electrons. The Labute approximate surface area is 230 Å². The van der Waals surface area contributed by atoms with Crippen molar-refractivity contribution in [1.82, 2.24) is 20.2 Å². The van der Waals surface area contributed by atoms with Crippen molar-refractivity contribution in [1.29, 1.82) is 5.26 Å². The summed E-state index contributed by atoms with van der Waals surface area (Å²) < 4.78 is 6.26. The van der Waals surface area contributed by atoms with Crippen LogP contribution < -0.4 is 19.9 Å². The Morgan fingerprint density at radius 1 is 1.15 bits per heavy atom. The first kappa shape index (κ1) is 25.8. The fourth-order valence-electron chi connectivity index (χ4n) is 6.32. The van der Waals surface area contributed by atoms with Crippen molar-refractivity contribution in [2.45, 2.75) is 50.9 Å². The number of aliphatic hydroxyl groups is 1. The van der Waals surface area contributed by atoms with E-state index in [9.17, 15) is 10.4 Å². The number of hydrogen-bond acceptors (Lipinski definition) is 9. The average molecular weight is 528 g/mol. The Morgan fingerprint density at radius 2 is 2.00 bits per heavy atom. The first-order valence-electron chi connectivity index (χ1n) is 14.0. The van der Waals surface area contributed by atoms with Gasteiger partial charge in [-0.05, 0) is 56.8 Å². The third-order valence-electron chi connectivity index (χ3n) is 8.55. The van der Waals surface area contributed by atoms with Gasteiger partial charge >= 0.3 is 6.01 Å². The smallest absolute Gasteiger partial charge is 0.318 e. The zero-order valence-electron chi connectivity index (χ0n) is 22.8. The molecule has 9 nitrogen and oxygen atoms in total. The van der Waals surface area contributed by atoms with Crippen LogP contribution in [0.2, 0.25) is 0 Å². The molecule has 0 saturated carbocycles. The first-order chi connectivity index (χ1) is 19.0. The van der Waals surface area contributed by atoms with E-state index in [1.807, 2.05) is 6.07 Å². The molecule has 3 aliphatic heterocycles. The summed E-state index contributed by atoms with van der Waals surface area (Å²) in [6, 6.07) is 15.4. The van der Waals surface area contributed by atoms with Gasteiger partial charge in [-0.2, -0.15) is 15.2 Å². The van der Waals surface area contributed by atoms with Crippen LogP contribution in [0.3, 0.4) is 0 Å². The summed E-state index contributed by atoms with van der Waals surface area (Å²) in [7, 11) is 2.14. The maximum atomic E-state index is 10.2. The highest BCUT2D eigenvalue weighted by molar-refractivity contribution is 5.97. The van der Waals surface area contributed by atoms with Crippen LogP contribution in [0, 0.1) is 18.3 Å². The van der Waals surface area contributed by atoms with Crippen molar-refractivity contribution in [2.24, 2.45) is 0 Å². The van der Waals surface area contributed by atoms with E-state index in [1.165, 1.54) is 28.4 Å². The molecule has 3 atom stereocenters. The monoisotopic (exact) mass is 527 g/mol. The van der Waals surface area contributed by atoms with E-state index >= 15 is 0 Å². The third kappa shape index (κ3) is 5.12. The maximum Gasteiger partial charge on any atom is 0.318 e. The van der Waals surface area contributed by atoms with Gasteiger partial charge in [-0.25, -0.2) is 0 Å². The molecule has 1 aromatic heterocycles. The van der Waals surface area contributed by atoms with Crippen molar-refractivity contribution in [3.63, 3.8) is 0 Å². The predicted molar refractivity (Wildman–Crippen MR) is 152 cm³/mol. The van der Waals surface area contributed by atoms with Crippen molar-refractivity contribution < 1.29 is 9.84 Å². The van der Waals surface area contributed by atoms with Gasteiger partial charge in [-0.1, -0.05) is 30.3 Å². The molecule has 0 spiro atoms. The zero-order chi connectivity index (χ0) is 26.9. The molecule has 39 heavy (non-hydrogen) atoms. The number of likely N-dealkylation sites (N-methyl/N-ethyl adjacent to an activating group) is 1. The van der Waals surface area contributed by atoms with Crippen molar-refractivity contribution in [2.75, 3.05) is 56.2 Å². The van der Waals surface area contributed by atoms with Gasteiger partial charge in [0.25, 0.3) is 0 Å². The highest BCUT2D eigenvalue weighted by atomic mass is 16.5. The molecule has 2 N–H and O–H groups in total. The number of benzene rings is 2. The summed E-state index contributed by atoms with van der Waals surface area (Å²) in [6.45, 7) is 7.30. The summed E-state index contributed by atoms with van der Waals surface area (Å²) >= 11 is 0. The van der Waals surface area contributed by atoms with E-state index in [1.54, 1.807) is 0 Å². The highest BCUT2D eigenvalue weighted by Gasteiger charge is 2.31. The molecular weight excluding hydrogens is 490 g/mol. The van der Waals surface area contributed by atoms with Crippen LogP contribution in [0.25, 0.3) is 10.8 Å². The number of nitrogens with zero attached hydrogens (tertiary/aromatic N) is 6. The number of likely N-dealkylation sites (tertiary alicyclic amines) is 1. The Balaban J connectivity index is 1.34. The summed E-state index contributed by atoms with van der Waals surface area (Å²) in [5.74, 6) is 0.875. The maximum absolute atomic E-state index is 10.2. The van der Waals surface area contributed by atoms with Crippen molar-refractivity contribution >= 4 is 22.3 Å². The number of hydrogen-bond donors (Lipinski definition) is 2. The fraction of sp³-hybridized carbons (Fsp3) is 0.500. The lowest BCUT2D eigenvalue weighted by atomic mass is 9.99. The van der Waals surface area contributed by atoms with Crippen LogP contribution in [-0.2, 0) is 13.0 Å². The molecule has 2 fully saturated rings. The van der Waals surface area contributed by atoms with E-state index in [0.717, 1.165) is 49.6 Å². The van der Waals surface area contributed by atoms with Gasteiger partial charge in [0.2, 0.25) is 0 Å². The normalized spacial score (nSPS) is 22.5. The Kier molecular flexibility index (Phi) is 7.26. The lowest BCUT2D eigenvalue weighted by Gasteiger charge is -2.38. The fourth-order valence-corrected chi connectivity index (χ4v) is 6.32. The zero-order valence-corrected chi connectivity index (χ0v) is 22.8. The van der Waals surface area contributed by atoms with Crippen molar-refractivity contribution in [3.8, 4) is 12.1 Å². The average Bonchev–Trinajstić information content (AvgIpc) is 3.39. The number of nitrogens with one attached hydrogen (secondary N) is 1. The van der Waals surface area contributed by atoms with Crippen LogP contribution in [0.15, 0.2) is 36.4 Å². The van der Waals surface area contributed by atoms with Crippen LogP contribution in [0.5, 0.6) is 6.01 Å². The molecule has 3 aromatic rings. The third-order valence-corrected chi connectivity index (χ3v) is 8.55. The second kappa shape index (κ2) is 11.0. The summed E-state index contributed by atoms with van der Waals surface area (Å²) in [5, 5.41) is 25.3. The molecule has 4 heterocycles. The Hall–Kier alpha value is -3.45. The molecule has 0 aliphatic carbocycles. The minimum Gasteiger partial charge on any atom is -0.462 e. The molecule has 9 heteroatoms. The van der Waals surface area contributed by atoms with Crippen LogP contribution in [-0.4, -0.2) is 84.5 Å². The number of aromatic nitrogens is 2. The summed E-state index contributed by atoms with van der Waals surface area (Å²) in [4.78, 5) is 16.9. The minimum atomic E-state index is -1.07. The minimum absolute atomic E-state index is 0.329. The van der Waals surface area contributed by atoms with Gasteiger partial charge < -0.3 is 29.9 Å². The number of aliphatic hydroxyl groups excluding tert-OH is 1. The molecular formula is C30H37N7O2. The molecule has 0 unspecified atom stereocenters. The van der Waals surface area contributed by atoms with Gasteiger partial charge in [0.05, 0.1) is 24.3 Å². The second-order valence-corrected chi connectivity index (χ2v) is 11.0. The van der Waals surface area contributed by atoms with Gasteiger partial charge in [0.1, 0.15) is 12.4 Å². The number of rotatable bonds is 6. The standard InChI is InChI=1S/C30H37N7O2/c1-20-6-3-7-21-8-4-10-26(28(20)21)36-14-11-23-24(17-36)33-30(39-19-22-9-5-13-35(22)2)34-29(23)37-15-12-32-25(18-37)27(38)16-31/h3-4,6-8,10,22,25,27,32,38H,5,9,11-15,17-19H2,1-2H3/t22-,25+,27-/m0/s1. The lowest BCUT2D eigenvalue weighted by Crippen LogP contribution is -2.56. The van der Waals surface area contributed by atoms with Gasteiger partial charge in [-0.3, -0.25) is 0 Å².